The topological polar surface area (TPSA) is 50.4 Å². The molecule has 1 aliphatic heterocycles. The van der Waals surface area contributed by atoms with Crippen LogP contribution in [0.1, 0.15) is 33.1 Å². The zero-order valence-electron chi connectivity index (χ0n) is 13.1. The molecule has 0 aliphatic carbocycles. The van der Waals surface area contributed by atoms with Crippen LogP contribution >= 0.6 is 0 Å². The molecule has 0 fully saturated rings. The van der Waals surface area contributed by atoms with Crippen LogP contribution in [0.2, 0.25) is 0 Å². The van der Waals surface area contributed by atoms with Crippen LogP contribution in [-0.4, -0.2) is 18.2 Å². The fourth-order valence-electron chi connectivity index (χ4n) is 2.87. The summed E-state index contributed by atoms with van der Waals surface area (Å²) in [4.78, 5) is 11.7. The number of hydrogen-bond acceptors (Lipinski definition) is 4. The Morgan fingerprint density at radius 2 is 1.77 bits per heavy atom. The summed E-state index contributed by atoms with van der Waals surface area (Å²) in [6, 6.07) is 12.4. The zero-order valence-corrected chi connectivity index (χ0v) is 13.1. The first-order valence-electron chi connectivity index (χ1n) is 7.85. The molecule has 3 rings (SSSR count). The lowest BCUT2D eigenvalue weighted by Gasteiger charge is -2.38. The number of hydrogen-bond donors (Lipinski definition) is 2. The smallest absolute Gasteiger partial charge is 0.305 e. The van der Waals surface area contributed by atoms with Gasteiger partial charge in [0.25, 0.3) is 0 Å². The summed E-state index contributed by atoms with van der Waals surface area (Å²) in [6.45, 7) is 4.37. The van der Waals surface area contributed by atoms with Gasteiger partial charge in [-0.2, -0.15) is 0 Å². The van der Waals surface area contributed by atoms with Crippen LogP contribution in [0, 0.1) is 0 Å². The minimum atomic E-state index is -0.496. The second-order valence-electron chi connectivity index (χ2n) is 6.06. The number of rotatable bonds is 5. The minimum Gasteiger partial charge on any atom is -0.461 e. The molecule has 1 aliphatic rings. The molecular formula is C18H22N2O2. The van der Waals surface area contributed by atoms with Gasteiger partial charge in [-0.3, -0.25) is 4.79 Å². The van der Waals surface area contributed by atoms with Gasteiger partial charge in [-0.05, 0) is 30.9 Å². The monoisotopic (exact) mass is 298 g/mol. The van der Waals surface area contributed by atoms with Crippen molar-refractivity contribution in [1.29, 1.82) is 0 Å². The van der Waals surface area contributed by atoms with Gasteiger partial charge in [0.1, 0.15) is 12.3 Å². The first-order chi connectivity index (χ1) is 10.6. The van der Waals surface area contributed by atoms with Crippen LogP contribution < -0.4 is 10.6 Å². The third-order valence-electron chi connectivity index (χ3n) is 3.98. The number of anilines is 2. The van der Waals surface area contributed by atoms with Gasteiger partial charge in [-0.25, -0.2) is 0 Å². The van der Waals surface area contributed by atoms with Crippen molar-refractivity contribution in [2.24, 2.45) is 0 Å². The van der Waals surface area contributed by atoms with E-state index in [0.29, 0.717) is 13.0 Å². The Bertz CT molecular complexity index is 656. The highest BCUT2D eigenvalue weighted by molar-refractivity contribution is 6.05. The van der Waals surface area contributed by atoms with Crippen molar-refractivity contribution in [1.82, 2.24) is 0 Å². The van der Waals surface area contributed by atoms with E-state index in [9.17, 15) is 4.79 Å². The average Bonchev–Trinajstić information content (AvgIpc) is 2.51. The van der Waals surface area contributed by atoms with Crippen molar-refractivity contribution in [3.05, 3.63) is 36.4 Å². The summed E-state index contributed by atoms with van der Waals surface area (Å²) in [6.07, 6.45) is 2.36. The van der Waals surface area contributed by atoms with E-state index in [0.717, 1.165) is 24.2 Å². The van der Waals surface area contributed by atoms with Crippen molar-refractivity contribution < 1.29 is 9.53 Å². The second-order valence-corrected chi connectivity index (χ2v) is 6.06. The van der Waals surface area contributed by atoms with E-state index in [2.05, 4.69) is 41.8 Å². The molecule has 22 heavy (non-hydrogen) atoms. The van der Waals surface area contributed by atoms with Crippen molar-refractivity contribution in [2.45, 2.75) is 38.8 Å². The van der Waals surface area contributed by atoms with E-state index in [1.54, 1.807) is 0 Å². The molecule has 116 valence electrons. The van der Waals surface area contributed by atoms with Crippen molar-refractivity contribution in [2.75, 3.05) is 17.2 Å². The Kier molecular flexibility index (Phi) is 3.92. The van der Waals surface area contributed by atoms with Crippen LogP contribution in [0.5, 0.6) is 0 Å². The molecule has 0 atom stereocenters. The Hall–Kier alpha value is -2.23. The quantitative estimate of drug-likeness (QED) is 0.815. The van der Waals surface area contributed by atoms with Gasteiger partial charge in [0.15, 0.2) is 0 Å². The predicted molar refractivity (Wildman–Crippen MR) is 90.1 cm³/mol. The summed E-state index contributed by atoms with van der Waals surface area (Å²) < 4.78 is 5.43. The lowest BCUT2D eigenvalue weighted by atomic mass is 10.0. The maximum atomic E-state index is 11.7. The molecule has 2 N–H and O–H groups in total. The highest BCUT2D eigenvalue weighted by atomic mass is 16.5. The highest BCUT2D eigenvalue weighted by Crippen LogP contribution is 2.37. The normalized spacial score (nSPS) is 15.0. The van der Waals surface area contributed by atoms with Gasteiger partial charge in [-0.15, -0.1) is 0 Å². The maximum Gasteiger partial charge on any atom is 0.305 e. The maximum absolute atomic E-state index is 11.7. The molecule has 2 aromatic rings. The van der Waals surface area contributed by atoms with Gasteiger partial charge < -0.3 is 15.4 Å². The molecule has 1 heterocycles. The number of unbranched alkanes of at least 4 members (excludes halogenated alkanes) is 1. The summed E-state index contributed by atoms with van der Waals surface area (Å²) >= 11 is 0. The van der Waals surface area contributed by atoms with E-state index in [1.807, 2.05) is 19.1 Å². The second kappa shape index (κ2) is 5.87. The third kappa shape index (κ3) is 2.86. The van der Waals surface area contributed by atoms with Crippen LogP contribution in [0.4, 0.5) is 11.4 Å². The van der Waals surface area contributed by atoms with Crippen molar-refractivity contribution in [3.63, 3.8) is 0 Å². The summed E-state index contributed by atoms with van der Waals surface area (Å²) in [5.41, 5.74) is 1.64. The standard InChI is InChI=1S/C18H22N2O2/c1-3-4-11-16(21)22-12-18(2)19-14-9-5-7-13-8-6-10-15(20-18)17(13)14/h5-10,19-20H,3-4,11-12H2,1-2H3. The summed E-state index contributed by atoms with van der Waals surface area (Å²) in [5.74, 6) is -0.135. The molecule has 0 radical (unpaired) electrons. The minimum absolute atomic E-state index is 0.135. The third-order valence-corrected chi connectivity index (χ3v) is 3.98. The lowest BCUT2D eigenvalue weighted by Crippen LogP contribution is -2.49. The zero-order chi connectivity index (χ0) is 15.6. The van der Waals surface area contributed by atoms with Crippen LogP contribution in [0.15, 0.2) is 36.4 Å². The van der Waals surface area contributed by atoms with Crippen molar-refractivity contribution >= 4 is 28.1 Å². The average molecular weight is 298 g/mol. The Morgan fingerprint density at radius 1 is 1.14 bits per heavy atom. The number of nitrogens with one attached hydrogen (secondary N) is 2. The van der Waals surface area contributed by atoms with Crippen LogP contribution in [-0.2, 0) is 9.53 Å². The molecule has 0 unspecified atom stereocenters. The van der Waals surface area contributed by atoms with Gasteiger partial charge in [0.2, 0.25) is 0 Å². The molecule has 0 amide bonds. The summed E-state index contributed by atoms with van der Waals surface area (Å²) in [7, 11) is 0. The van der Waals surface area contributed by atoms with E-state index in [4.69, 9.17) is 4.74 Å². The molecule has 2 aromatic carbocycles. The molecule has 0 aromatic heterocycles. The molecular weight excluding hydrogens is 276 g/mol. The number of carbonyl (C=O) groups is 1. The van der Waals surface area contributed by atoms with E-state index < -0.39 is 5.66 Å². The molecule has 0 saturated carbocycles. The predicted octanol–water partition coefficient (Wildman–Crippen LogP) is 4.13. The number of ether oxygens (including phenoxy) is 1. The largest absolute Gasteiger partial charge is 0.461 e. The number of benzene rings is 2. The molecule has 0 saturated heterocycles. The van der Waals surface area contributed by atoms with Gasteiger partial charge in [0, 0.05) is 23.2 Å². The lowest BCUT2D eigenvalue weighted by molar-refractivity contribution is -0.144. The van der Waals surface area contributed by atoms with Gasteiger partial charge >= 0.3 is 5.97 Å². The first kappa shape index (κ1) is 14.7. The molecule has 4 nitrogen and oxygen atoms in total. The Morgan fingerprint density at radius 3 is 2.36 bits per heavy atom. The van der Waals surface area contributed by atoms with Crippen LogP contribution in [0.25, 0.3) is 10.8 Å². The van der Waals surface area contributed by atoms with Crippen LogP contribution in [0.3, 0.4) is 0 Å². The Balaban J connectivity index is 1.76. The molecule has 0 bridgehead atoms. The SMILES string of the molecule is CCCCC(=O)OCC1(C)Nc2cccc3cccc(c23)N1. The van der Waals surface area contributed by atoms with Gasteiger partial charge in [0.05, 0.1) is 0 Å². The van der Waals surface area contributed by atoms with E-state index in [-0.39, 0.29) is 5.97 Å². The van der Waals surface area contributed by atoms with Crippen molar-refractivity contribution in [3.8, 4) is 0 Å². The first-order valence-corrected chi connectivity index (χ1v) is 7.85. The van der Waals surface area contributed by atoms with E-state index in [1.165, 1.54) is 10.8 Å². The fraction of sp³-hybridized carbons (Fsp3) is 0.389. The van der Waals surface area contributed by atoms with E-state index >= 15 is 0 Å². The highest BCUT2D eigenvalue weighted by Gasteiger charge is 2.31. The fourth-order valence-corrected chi connectivity index (χ4v) is 2.87. The Labute approximate surface area is 130 Å². The number of carbonyl (C=O) groups excluding carboxylic acids is 1. The molecule has 4 heteroatoms. The summed E-state index contributed by atoms with van der Waals surface area (Å²) in [5, 5.41) is 9.29. The number of esters is 1. The molecule has 0 spiro atoms. The van der Waals surface area contributed by atoms with Gasteiger partial charge in [-0.1, -0.05) is 37.6 Å².